The molecule has 0 atom stereocenters. The first kappa shape index (κ1) is 23.9. The second-order valence-electron chi connectivity index (χ2n) is 8.51. The highest BCUT2D eigenvalue weighted by Gasteiger charge is 2.34. The van der Waals surface area contributed by atoms with Gasteiger partial charge in [-0.25, -0.2) is 8.78 Å². The number of nitrogens with one attached hydrogen (secondary N) is 2. The van der Waals surface area contributed by atoms with E-state index in [9.17, 15) is 28.3 Å². The Bertz CT molecular complexity index is 1080. The molecular weight excluding hydrogens is 444 g/mol. The van der Waals surface area contributed by atoms with Gasteiger partial charge in [-0.05, 0) is 31.4 Å². The zero-order valence-electron chi connectivity index (χ0n) is 17.7. The zero-order valence-corrected chi connectivity index (χ0v) is 18.5. The van der Waals surface area contributed by atoms with Crippen LogP contribution in [0.4, 0.5) is 14.5 Å². The number of amides is 2. The maximum atomic E-state index is 13.5. The van der Waals surface area contributed by atoms with Crippen molar-refractivity contribution in [3.63, 3.8) is 0 Å². The number of carbonyl (C=O) groups excluding carboxylic acids is 3. The predicted molar refractivity (Wildman–Crippen MR) is 115 cm³/mol. The minimum Gasteiger partial charge on any atom is -0.396 e. The number of Topliss-reactive ketones (excluding diaryl/α,β-unsaturated/α-hetero) is 1. The molecule has 0 unspecified atom stereocenters. The van der Waals surface area contributed by atoms with E-state index < -0.39 is 34.6 Å². The molecule has 1 aliphatic heterocycles. The molecule has 0 saturated carbocycles. The second kappa shape index (κ2) is 9.38. The standard InChI is InChI=1S/C22H24ClF2N3O4/c1-22(2,11-29)10-26-21(32)19(30)18-17(23)16(15-5-3-4-8-28(15)18)20(31)27-12-6-7-13(24)14(25)9-12/h6-7,9,29H,3-5,8,10-11H2,1-2H3,(H,26,32)(H,27,31). The maximum absolute atomic E-state index is 13.5. The van der Waals surface area contributed by atoms with E-state index >= 15 is 0 Å². The molecule has 32 heavy (non-hydrogen) atoms. The summed E-state index contributed by atoms with van der Waals surface area (Å²) in [4.78, 5) is 38.3. The number of aliphatic hydroxyl groups is 1. The van der Waals surface area contributed by atoms with Crippen LogP contribution < -0.4 is 10.6 Å². The van der Waals surface area contributed by atoms with Gasteiger partial charge in [0.2, 0.25) is 0 Å². The Labute approximate surface area is 188 Å². The smallest absolute Gasteiger partial charge is 0.294 e. The largest absolute Gasteiger partial charge is 0.396 e. The molecule has 0 fully saturated rings. The molecule has 2 amide bonds. The number of nitrogens with zero attached hydrogens (tertiary/aromatic N) is 1. The minimum atomic E-state index is -1.12. The van der Waals surface area contributed by atoms with Crippen LogP contribution in [0.5, 0.6) is 0 Å². The van der Waals surface area contributed by atoms with Gasteiger partial charge >= 0.3 is 0 Å². The van der Waals surface area contributed by atoms with Gasteiger partial charge in [0.25, 0.3) is 17.6 Å². The molecule has 1 aromatic heterocycles. The fourth-order valence-corrected chi connectivity index (χ4v) is 3.87. The first-order chi connectivity index (χ1) is 15.1. The second-order valence-corrected chi connectivity index (χ2v) is 8.89. The lowest BCUT2D eigenvalue weighted by Gasteiger charge is -2.22. The lowest BCUT2D eigenvalue weighted by atomic mass is 9.95. The Balaban J connectivity index is 1.92. The number of anilines is 1. The molecule has 1 aliphatic rings. The molecule has 1 aromatic carbocycles. The summed E-state index contributed by atoms with van der Waals surface area (Å²) >= 11 is 6.44. The van der Waals surface area contributed by atoms with E-state index in [-0.39, 0.29) is 35.1 Å². The average molecular weight is 468 g/mol. The van der Waals surface area contributed by atoms with Crippen molar-refractivity contribution in [3.8, 4) is 0 Å². The van der Waals surface area contributed by atoms with Crippen LogP contribution in [0.25, 0.3) is 0 Å². The van der Waals surface area contributed by atoms with E-state index in [1.165, 1.54) is 6.07 Å². The highest BCUT2D eigenvalue weighted by molar-refractivity contribution is 6.48. The van der Waals surface area contributed by atoms with Crippen molar-refractivity contribution >= 4 is 34.9 Å². The molecule has 2 aromatic rings. The summed E-state index contributed by atoms with van der Waals surface area (Å²) in [6.07, 6.45) is 1.96. The average Bonchev–Trinajstić information content (AvgIpc) is 3.06. The number of carbonyl (C=O) groups is 3. The summed E-state index contributed by atoms with van der Waals surface area (Å²) in [5.41, 5.74) is -0.141. The number of rotatable bonds is 7. The topological polar surface area (TPSA) is 100 Å². The fraction of sp³-hybridized carbons (Fsp3) is 0.409. The van der Waals surface area contributed by atoms with Crippen molar-refractivity contribution < 1.29 is 28.3 Å². The molecular formula is C22H24ClF2N3O4. The Hall–Kier alpha value is -2.78. The fourth-order valence-electron chi connectivity index (χ4n) is 3.49. The summed E-state index contributed by atoms with van der Waals surface area (Å²) in [6, 6.07) is 2.93. The third kappa shape index (κ3) is 4.83. The molecule has 0 spiro atoms. The summed E-state index contributed by atoms with van der Waals surface area (Å²) in [6.45, 7) is 3.75. The van der Waals surface area contributed by atoms with Crippen molar-refractivity contribution in [3.05, 3.63) is 51.8 Å². The number of hydrogen-bond acceptors (Lipinski definition) is 4. The maximum Gasteiger partial charge on any atom is 0.294 e. The van der Waals surface area contributed by atoms with E-state index in [4.69, 9.17) is 11.6 Å². The van der Waals surface area contributed by atoms with E-state index in [1.807, 2.05) is 0 Å². The predicted octanol–water partition coefficient (Wildman–Crippen LogP) is 3.33. The molecule has 7 nitrogen and oxygen atoms in total. The van der Waals surface area contributed by atoms with Gasteiger partial charge in [-0.2, -0.15) is 0 Å². The van der Waals surface area contributed by atoms with Crippen molar-refractivity contribution in [1.29, 1.82) is 0 Å². The highest BCUT2D eigenvalue weighted by atomic mass is 35.5. The molecule has 3 N–H and O–H groups in total. The molecule has 172 valence electrons. The summed E-state index contributed by atoms with van der Waals surface area (Å²) in [5.74, 6) is -4.64. The molecule has 10 heteroatoms. The monoisotopic (exact) mass is 467 g/mol. The third-order valence-electron chi connectivity index (χ3n) is 5.34. The van der Waals surface area contributed by atoms with E-state index in [0.717, 1.165) is 25.0 Å². The lowest BCUT2D eigenvalue weighted by molar-refractivity contribution is -0.117. The number of ketones is 1. The van der Waals surface area contributed by atoms with Gasteiger partial charge in [-0.3, -0.25) is 14.4 Å². The van der Waals surface area contributed by atoms with Crippen LogP contribution in [0, 0.1) is 17.0 Å². The normalized spacial score (nSPS) is 13.4. The third-order valence-corrected chi connectivity index (χ3v) is 5.71. The molecule has 0 radical (unpaired) electrons. The van der Waals surface area contributed by atoms with Gasteiger partial charge in [-0.15, -0.1) is 0 Å². The number of fused-ring (bicyclic) bond motifs is 1. The van der Waals surface area contributed by atoms with Crippen molar-refractivity contribution in [2.45, 2.75) is 39.7 Å². The summed E-state index contributed by atoms with van der Waals surface area (Å²) < 4.78 is 28.3. The molecule has 0 saturated heterocycles. The van der Waals surface area contributed by atoms with Gasteiger partial charge in [0, 0.05) is 42.6 Å². The Morgan fingerprint density at radius 3 is 2.56 bits per heavy atom. The molecule has 0 aliphatic carbocycles. The molecule has 0 bridgehead atoms. The SMILES string of the molecule is CC(C)(CO)CNC(=O)C(=O)c1c(Cl)c(C(=O)Nc2ccc(F)c(F)c2)c2n1CCCC2. The molecule has 2 heterocycles. The van der Waals surface area contributed by atoms with Gasteiger partial charge in [-0.1, -0.05) is 25.4 Å². The van der Waals surface area contributed by atoms with Gasteiger partial charge in [0.05, 0.1) is 10.6 Å². The highest BCUT2D eigenvalue weighted by Crippen LogP contribution is 2.33. The van der Waals surface area contributed by atoms with E-state index in [0.29, 0.717) is 18.7 Å². The first-order valence-corrected chi connectivity index (χ1v) is 10.5. The van der Waals surface area contributed by atoms with Gasteiger partial charge < -0.3 is 20.3 Å². The Morgan fingerprint density at radius 2 is 1.91 bits per heavy atom. The molecule has 3 rings (SSSR count). The van der Waals surface area contributed by atoms with Crippen LogP contribution in [0.2, 0.25) is 5.02 Å². The first-order valence-electron chi connectivity index (χ1n) is 10.2. The Kier molecular flexibility index (Phi) is 7.00. The number of aromatic nitrogens is 1. The minimum absolute atomic E-state index is 0.0255. The number of hydrogen-bond donors (Lipinski definition) is 3. The zero-order chi connectivity index (χ0) is 23.6. The van der Waals surface area contributed by atoms with Gasteiger partial charge in [0.1, 0.15) is 5.69 Å². The van der Waals surface area contributed by atoms with Crippen LogP contribution in [0.15, 0.2) is 18.2 Å². The van der Waals surface area contributed by atoms with Crippen LogP contribution >= 0.6 is 11.6 Å². The van der Waals surface area contributed by atoms with Crippen LogP contribution in [0.3, 0.4) is 0 Å². The van der Waals surface area contributed by atoms with Crippen molar-refractivity contribution in [2.75, 3.05) is 18.5 Å². The van der Waals surface area contributed by atoms with Gasteiger partial charge in [0.15, 0.2) is 11.6 Å². The van der Waals surface area contributed by atoms with E-state index in [2.05, 4.69) is 10.6 Å². The Morgan fingerprint density at radius 1 is 1.19 bits per heavy atom. The lowest BCUT2D eigenvalue weighted by Crippen LogP contribution is -2.40. The van der Waals surface area contributed by atoms with Crippen molar-refractivity contribution in [1.82, 2.24) is 9.88 Å². The van der Waals surface area contributed by atoms with E-state index in [1.54, 1.807) is 18.4 Å². The number of aliphatic hydroxyl groups excluding tert-OH is 1. The van der Waals surface area contributed by atoms with Crippen molar-refractivity contribution in [2.24, 2.45) is 5.41 Å². The number of benzene rings is 1. The van der Waals surface area contributed by atoms with Crippen LogP contribution in [-0.4, -0.2) is 40.4 Å². The van der Waals surface area contributed by atoms with Crippen LogP contribution in [0.1, 0.15) is 53.2 Å². The number of halogens is 3. The van der Waals surface area contributed by atoms with Crippen LogP contribution in [-0.2, 0) is 17.8 Å². The quantitative estimate of drug-likeness (QED) is 0.429. The summed E-state index contributed by atoms with van der Waals surface area (Å²) in [5, 5.41) is 14.1. The summed E-state index contributed by atoms with van der Waals surface area (Å²) in [7, 11) is 0.